The van der Waals surface area contributed by atoms with Crippen molar-refractivity contribution in [3.63, 3.8) is 0 Å². The minimum Gasteiger partial charge on any atom is -0.497 e. The van der Waals surface area contributed by atoms with Gasteiger partial charge in [0.25, 0.3) is 10.0 Å². The fourth-order valence-corrected chi connectivity index (χ4v) is 3.22. The molecule has 0 amide bonds. The summed E-state index contributed by atoms with van der Waals surface area (Å²) in [6.07, 6.45) is 0. The lowest BCUT2D eigenvalue weighted by molar-refractivity contribution is 0.0697. The lowest BCUT2D eigenvalue weighted by Gasteiger charge is -2.13. The van der Waals surface area contributed by atoms with E-state index in [9.17, 15) is 13.2 Å². The number of carbonyl (C=O) groups is 1. The van der Waals surface area contributed by atoms with Crippen LogP contribution in [0.25, 0.3) is 0 Å². The summed E-state index contributed by atoms with van der Waals surface area (Å²) >= 11 is 5.76. The number of methoxy groups -OCH3 is 2. The Labute approximate surface area is 143 Å². The Bertz CT molecular complexity index is 882. The predicted molar refractivity (Wildman–Crippen MR) is 88.8 cm³/mol. The molecule has 0 spiro atoms. The Morgan fingerprint density at radius 1 is 1.12 bits per heavy atom. The van der Waals surface area contributed by atoms with Gasteiger partial charge in [-0.25, -0.2) is 13.2 Å². The van der Waals surface area contributed by atoms with Gasteiger partial charge in [-0.2, -0.15) is 0 Å². The number of sulfonamides is 1. The molecule has 2 aromatic rings. The van der Waals surface area contributed by atoms with Crippen molar-refractivity contribution in [1.82, 2.24) is 0 Å². The summed E-state index contributed by atoms with van der Waals surface area (Å²) in [6.45, 7) is 0. The van der Waals surface area contributed by atoms with E-state index in [1.165, 1.54) is 32.4 Å². The first-order chi connectivity index (χ1) is 11.3. The first-order valence-electron chi connectivity index (χ1n) is 6.56. The van der Waals surface area contributed by atoms with E-state index in [0.717, 1.165) is 6.07 Å². The van der Waals surface area contributed by atoms with Gasteiger partial charge in [-0.3, -0.25) is 4.72 Å². The van der Waals surface area contributed by atoms with Gasteiger partial charge in [-0.05, 0) is 30.3 Å². The number of anilines is 1. The average Bonchev–Trinajstić information content (AvgIpc) is 2.54. The van der Waals surface area contributed by atoms with Crippen molar-refractivity contribution in [3.05, 3.63) is 47.0 Å². The Balaban J connectivity index is 2.46. The molecule has 7 nitrogen and oxygen atoms in total. The maximum Gasteiger partial charge on any atom is 0.337 e. The second-order valence-electron chi connectivity index (χ2n) is 4.62. The summed E-state index contributed by atoms with van der Waals surface area (Å²) in [4.78, 5) is 10.9. The maximum absolute atomic E-state index is 12.5. The quantitative estimate of drug-likeness (QED) is 0.809. The van der Waals surface area contributed by atoms with Crippen molar-refractivity contribution in [3.8, 4) is 11.5 Å². The zero-order chi connectivity index (χ0) is 17.9. The number of rotatable bonds is 6. The van der Waals surface area contributed by atoms with Crippen molar-refractivity contribution < 1.29 is 27.8 Å². The van der Waals surface area contributed by atoms with Gasteiger partial charge in [0.05, 0.1) is 35.4 Å². The highest BCUT2D eigenvalue weighted by Gasteiger charge is 2.20. The molecule has 2 aromatic carbocycles. The molecule has 0 atom stereocenters. The summed E-state index contributed by atoms with van der Waals surface area (Å²) in [5.74, 6) is -0.612. The topological polar surface area (TPSA) is 102 Å². The molecule has 0 aliphatic rings. The maximum atomic E-state index is 12.5. The molecular weight excluding hydrogens is 358 g/mol. The third-order valence-electron chi connectivity index (χ3n) is 3.13. The summed E-state index contributed by atoms with van der Waals surface area (Å²) in [5.41, 5.74) is -0.152. The Hall–Kier alpha value is -2.45. The fraction of sp³-hybridized carbons (Fsp3) is 0.133. The van der Waals surface area contributed by atoms with E-state index >= 15 is 0 Å². The van der Waals surface area contributed by atoms with E-state index in [2.05, 4.69) is 4.72 Å². The number of ether oxygens (including phenoxy) is 2. The fourth-order valence-electron chi connectivity index (χ4n) is 1.93. The van der Waals surface area contributed by atoms with Crippen molar-refractivity contribution in [2.24, 2.45) is 0 Å². The molecule has 24 heavy (non-hydrogen) atoms. The van der Waals surface area contributed by atoms with Crippen molar-refractivity contribution in [1.29, 1.82) is 0 Å². The second-order valence-corrected chi connectivity index (χ2v) is 6.71. The molecule has 0 heterocycles. The molecule has 0 unspecified atom stereocenters. The molecule has 9 heteroatoms. The number of halogens is 1. The van der Waals surface area contributed by atoms with E-state index in [1.54, 1.807) is 12.1 Å². The normalized spacial score (nSPS) is 11.0. The predicted octanol–water partition coefficient (Wildman–Crippen LogP) is 2.86. The highest BCUT2D eigenvalue weighted by molar-refractivity contribution is 7.92. The lowest BCUT2D eigenvalue weighted by atomic mass is 10.2. The number of hydrogen-bond donors (Lipinski definition) is 2. The smallest absolute Gasteiger partial charge is 0.337 e. The Morgan fingerprint density at radius 3 is 2.42 bits per heavy atom. The summed E-state index contributed by atoms with van der Waals surface area (Å²) < 4.78 is 37.5. The third kappa shape index (κ3) is 3.72. The van der Waals surface area contributed by atoms with Crippen molar-refractivity contribution >= 4 is 33.3 Å². The highest BCUT2D eigenvalue weighted by atomic mass is 35.5. The van der Waals surface area contributed by atoms with Gasteiger partial charge in [-0.15, -0.1) is 0 Å². The number of nitrogens with one attached hydrogen (secondary N) is 1. The first kappa shape index (κ1) is 17.9. The van der Waals surface area contributed by atoms with Crippen LogP contribution in [0, 0.1) is 0 Å². The zero-order valence-electron chi connectivity index (χ0n) is 12.7. The third-order valence-corrected chi connectivity index (χ3v) is 4.82. The molecule has 0 radical (unpaired) electrons. The largest absolute Gasteiger partial charge is 0.497 e. The second kappa shape index (κ2) is 6.98. The number of aromatic carboxylic acids is 1. The molecule has 0 bridgehead atoms. The van der Waals surface area contributed by atoms with Gasteiger partial charge < -0.3 is 14.6 Å². The lowest BCUT2D eigenvalue weighted by Crippen LogP contribution is -2.14. The monoisotopic (exact) mass is 371 g/mol. The molecule has 0 aliphatic heterocycles. The van der Waals surface area contributed by atoms with Crippen LogP contribution in [-0.4, -0.2) is 33.7 Å². The molecule has 2 rings (SSSR count). The molecule has 2 N–H and O–H groups in total. The van der Waals surface area contributed by atoms with Gasteiger partial charge in [0.2, 0.25) is 0 Å². The summed E-state index contributed by atoms with van der Waals surface area (Å²) in [6, 6.07) is 8.01. The van der Waals surface area contributed by atoms with E-state index in [0.29, 0.717) is 5.75 Å². The average molecular weight is 372 g/mol. The van der Waals surface area contributed by atoms with Crippen LogP contribution in [0.2, 0.25) is 5.02 Å². The number of carboxylic acids is 1. The van der Waals surface area contributed by atoms with E-state index in [-0.39, 0.29) is 26.9 Å². The van der Waals surface area contributed by atoms with Gasteiger partial charge >= 0.3 is 5.97 Å². The van der Waals surface area contributed by atoms with Gasteiger partial charge in [0, 0.05) is 6.07 Å². The molecule has 0 fully saturated rings. The van der Waals surface area contributed by atoms with Crippen LogP contribution in [0.5, 0.6) is 11.5 Å². The van der Waals surface area contributed by atoms with E-state index in [1.807, 2.05) is 0 Å². The van der Waals surface area contributed by atoms with Crippen molar-refractivity contribution in [2.45, 2.75) is 4.90 Å². The van der Waals surface area contributed by atoms with Crippen LogP contribution in [0.4, 0.5) is 5.69 Å². The standard InChI is InChI=1S/C15H14ClNO6S/c1-22-9-3-6-14(23-2)13(7-9)17-24(20,21)10-4-5-12(16)11(8-10)15(18)19/h3-8,17H,1-2H3,(H,18,19). The number of benzene rings is 2. The van der Waals surface area contributed by atoms with Crippen LogP contribution in [-0.2, 0) is 10.0 Å². The highest BCUT2D eigenvalue weighted by Crippen LogP contribution is 2.31. The van der Waals surface area contributed by atoms with Crippen LogP contribution in [0.15, 0.2) is 41.3 Å². The summed E-state index contributed by atoms with van der Waals surface area (Å²) in [5, 5.41) is 9.00. The minimum absolute atomic E-state index is 0.0552. The van der Waals surface area contributed by atoms with Crippen LogP contribution in [0.1, 0.15) is 10.4 Å². The first-order valence-corrected chi connectivity index (χ1v) is 8.42. The molecule has 0 aliphatic carbocycles. The molecule has 0 aromatic heterocycles. The zero-order valence-corrected chi connectivity index (χ0v) is 14.3. The van der Waals surface area contributed by atoms with Crippen molar-refractivity contribution in [2.75, 3.05) is 18.9 Å². The molecule has 128 valence electrons. The Morgan fingerprint density at radius 2 is 1.83 bits per heavy atom. The van der Waals surface area contributed by atoms with E-state index < -0.39 is 16.0 Å². The Kier molecular flexibility index (Phi) is 5.20. The van der Waals surface area contributed by atoms with Crippen LogP contribution in [0.3, 0.4) is 0 Å². The van der Waals surface area contributed by atoms with Crippen LogP contribution >= 0.6 is 11.6 Å². The number of hydrogen-bond acceptors (Lipinski definition) is 5. The van der Waals surface area contributed by atoms with Gasteiger partial charge in [-0.1, -0.05) is 11.6 Å². The molecule has 0 saturated carbocycles. The number of carboxylic acid groups (broad SMARTS) is 1. The molecular formula is C15H14ClNO6S. The van der Waals surface area contributed by atoms with Crippen LogP contribution < -0.4 is 14.2 Å². The molecule has 0 saturated heterocycles. The van der Waals surface area contributed by atoms with Gasteiger partial charge in [0.15, 0.2) is 0 Å². The summed E-state index contributed by atoms with van der Waals surface area (Å²) in [7, 11) is -1.22. The van der Waals surface area contributed by atoms with E-state index in [4.69, 9.17) is 26.2 Å². The minimum atomic E-state index is -4.05. The SMILES string of the molecule is COc1ccc(OC)c(NS(=O)(=O)c2ccc(Cl)c(C(=O)O)c2)c1. The van der Waals surface area contributed by atoms with Gasteiger partial charge in [0.1, 0.15) is 11.5 Å².